The van der Waals surface area contributed by atoms with Gasteiger partial charge in [-0.3, -0.25) is 0 Å². The zero-order valence-corrected chi connectivity index (χ0v) is 10.9. The van der Waals surface area contributed by atoms with Crippen molar-refractivity contribution in [2.75, 3.05) is 13.7 Å². The molecule has 0 aliphatic carbocycles. The van der Waals surface area contributed by atoms with E-state index in [0.717, 1.165) is 13.0 Å². The van der Waals surface area contributed by atoms with E-state index in [9.17, 15) is 0 Å². The van der Waals surface area contributed by atoms with Gasteiger partial charge in [0.1, 0.15) is 0 Å². The molecule has 1 unspecified atom stereocenters. The monoisotopic (exact) mass is 227 g/mol. The first-order valence-electron chi connectivity index (χ1n) is 5.33. The summed E-state index contributed by atoms with van der Waals surface area (Å²) in [6.07, 6.45) is 1.09. The smallest absolute Gasteiger partial charge is 0.0746 e. The van der Waals surface area contributed by atoms with Gasteiger partial charge in [0.25, 0.3) is 0 Å². The maximum absolute atomic E-state index is 5.36. The van der Waals surface area contributed by atoms with Gasteiger partial charge < -0.3 is 10.1 Å². The van der Waals surface area contributed by atoms with Crippen LogP contribution < -0.4 is 5.32 Å². The molecule has 1 aromatic rings. The lowest BCUT2D eigenvalue weighted by Gasteiger charge is -2.25. The van der Waals surface area contributed by atoms with Gasteiger partial charge in [0, 0.05) is 19.7 Å². The molecule has 1 rings (SSSR count). The minimum absolute atomic E-state index is 0.0805. The van der Waals surface area contributed by atoms with E-state index in [1.807, 2.05) is 0 Å². The summed E-state index contributed by atoms with van der Waals surface area (Å²) in [4.78, 5) is 0. The van der Waals surface area contributed by atoms with Gasteiger partial charge in [0.2, 0.25) is 0 Å². The predicted octanol–water partition coefficient (Wildman–Crippen LogP) is 2.69. The van der Waals surface area contributed by atoms with Gasteiger partial charge in [-0.15, -0.1) is 0 Å². The van der Waals surface area contributed by atoms with Crippen LogP contribution in [0.3, 0.4) is 0 Å². The van der Waals surface area contributed by atoms with Crippen molar-refractivity contribution in [1.82, 2.24) is 5.32 Å². The van der Waals surface area contributed by atoms with Crippen LogP contribution in [0.5, 0.6) is 0 Å². The van der Waals surface area contributed by atoms with E-state index in [2.05, 4.69) is 42.9 Å². The highest BCUT2D eigenvalue weighted by atomic mass is 32.1. The highest BCUT2D eigenvalue weighted by Gasteiger charge is 2.16. The molecule has 0 saturated heterocycles. The third-order valence-electron chi connectivity index (χ3n) is 2.55. The van der Waals surface area contributed by atoms with Gasteiger partial charge in [0.05, 0.1) is 5.60 Å². The zero-order chi connectivity index (χ0) is 11.3. The molecule has 0 saturated carbocycles. The van der Waals surface area contributed by atoms with Crippen molar-refractivity contribution in [3.05, 3.63) is 22.4 Å². The molecule has 15 heavy (non-hydrogen) atoms. The van der Waals surface area contributed by atoms with Crippen LogP contribution in [0.4, 0.5) is 0 Å². The van der Waals surface area contributed by atoms with Gasteiger partial charge in [-0.1, -0.05) is 0 Å². The molecule has 1 N–H and O–H groups in total. The molecule has 1 aromatic heterocycles. The van der Waals surface area contributed by atoms with Gasteiger partial charge in [-0.05, 0) is 49.6 Å². The second kappa shape index (κ2) is 5.64. The van der Waals surface area contributed by atoms with E-state index < -0.39 is 0 Å². The highest BCUT2D eigenvalue weighted by molar-refractivity contribution is 7.07. The summed E-state index contributed by atoms with van der Waals surface area (Å²) in [7, 11) is 1.76. The molecule has 0 aliphatic heterocycles. The summed E-state index contributed by atoms with van der Waals surface area (Å²) >= 11 is 1.76. The molecule has 0 aromatic carbocycles. The molecule has 0 spiro atoms. The molecule has 3 heteroatoms. The normalized spacial score (nSPS) is 14.1. The summed E-state index contributed by atoms with van der Waals surface area (Å²) in [5, 5.41) is 7.83. The van der Waals surface area contributed by atoms with Crippen molar-refractivity contribution in [2.24, 2.45) is 0 Å². The number of ether oxygens (including phenoxy) is 1. The van der Waals surface area contributed by atoms with Gasteiger partial charge in [-0.25, -0.2) is 0 Å². The topological polar surface area (TPSA) is 21.3 Å². The summed E-state index contributed by atoms with van der Waals surface area (Å²) in [5.41, 5.74) is 1.33. The summed E-state index contributed by atoms with van der Waals surface area (Å²) in [6.45, 7) is 7.28. The van der Waals surface area contributed by atoms with Crippen molar-refractivity contribution in [2.45, 2.75) is 38.8 Å². The minimum Gasteiger partial charge on any atom is -0.377 e. The first-order valence-corrected chi connectivity index (χ1v) is 6.27. The van der Waals surface area contributed by atoms with Crippen LogP contribution in [0.25, 0.3) is 0 Å². The van der Waals surface area contributed by atoms with Gasteiger partial charge in [-0.2, -0.15) is 11.3 Å². The Balaban J connectivity index is 2.28. The van der Waals surface area contributed by atoms with Crippen molar-refractivity contribution in [3.63, 3.8) is 0 Å². The van der Waals surface area contributed by atoms with Gasteiger partial charge in [0.15, 0.2) is 0 Å². The average Bonchev–Trinajstić information content (AvgIpc) is 2.68. The number of methoxy groups -OCH3 is 1. The number of thiophene rings is 1. The van der Waals surface area contributed by atoms with E-state index >= 15 is 0 Å². The molecule has 0 radical (unpaired) electrons. The predicted molar refractivity (Wildman–Crippen MR) is 66.6 cm³/mol. The van der Waals surface area contributed by atoms with Crippen molar-refractivity contribution < 1.29 is 4.74 Å². The highest BCUT2D eigenvalue weighted by Crippen LogP contribution is 2.10. The Labute approximate surface area is 96.7 Å². The fraction of sp³-hybridized carbons (Fsp3) is 0.667. The van der Waals surface area contributed by atoms with E-state index in [1.54, 1.807) is 18.4 Å². The van der Waals surface area contributed by atoms with E-state index in [-0.39, 0.29) is 5.60 Å². The van der Waals surface area contributed by atoms with Crippen LogP contribution in [0.1, 0.15) is 26.3 Å². The minimum atomic E-state index is -0.0805. The van der Waals surface area contributed by atoms with Crippen LogP contribution in [0.2, 0.25) is 0 Å². The lowest BCUT2D eigenvalue weighted by molar-refractivity contribution is 0.0215. The maximum Gasteiger partial charge on any atom is 0.0746 e. The third kappa shape index (κ3) is 4.78. The molecule has 1 heterocycles. The number of hydrogen-bond acceptors (Lipinski definition) is 3. The first-order chi connectivity index (χ1) is 7.03. The van der Waals surface area contributed by atoms with Crippen LogP contribution in [-0.2, 0) is 11.2 Å². The average molecular weight is 227 g/mol. The van der Waals surface area contributed by atoms with Crippen LogP contribution in [-0.4, -0.2) is 25.3 Å². The fourth-order valence-corrected chi connectivity index (χ4v) is 2.01. The fourth-order valence-electron chi connectivity index (χ4n) is 1.33. The molecule has 2 nitrogen and oxygen atoms in total. The first kappa shape index (κ1) is 12.7. The Morgan fingerprint density at radius 1 is 1.53 bits per heavy atom. The molecule has 0 amide bonds. The Morgan fingerprint density at radius 3 is 2.80 bits per heavy atom. The molecule has 0 fully saturated rings. The number of rotatable bonds is 6. The van der Waals surface area contributed by atoms with Crippen LogP contribution in [0.15, 0.2) is 16.8 Å². The summed E-state index contributed by atoms with van der Waals surface area (Å²) < 4.78 is 5.36. The molecular weight excluding hydrogens is 206 g/mol. The van der Waals surface area contributed by atoms with E-state index in [0.29, 0.717) is 6.04 Å². The summed E-state index contributed by atoms with van der Waals surface area (Å²) in [5.74, 6) is 0. The Kier molecular flexibility index (Phi) is 4.77. The SMILES string of the molecule is COC(C)(C)CNC(C)Cc1ccsc1. The molecular formula is C12H21NOS. The Bertz CT molecular complexity index is 269. The van der Waals surface area contributed by atoms with Crippen LogP contribution >= 0.6 is 11.3 Å². The van der Waals surface area contributed by atoms with Crippen LogP contribution in [0, 0.1) is 0 Å². The molecule has 86 valence electrons. The zero-order valence-electron chi connectivity index (χ0n) is 10.0. The largest absolute Gasteiger partial charge is 0.377 e. The van der Waals surface area contributed by atoms with Gasteiger partial charge >= 0.3 is 0 Å². The van der Waals surface area contributed by atoms with E-state index in [1.165, 1.54) is 5.56 Å². The number of nitrogens with one attached hydrogen (secondary N) is 1. The third-order valence-corrected chi connectivity index (χ3v) is 3.28. The van der Waals surface area contributed by atoms with Crippen molar-refractivity contribution >= 4 is 11.3 Å². The molecule has 0 bridgehead atoms. The van der Waals surface area contributed by atoms with Crippen molar-refractivity contribution in [3.8, 4) is 0 Å². The maximum atomic E-state index is 5.36. The number of hydrogen-bond donors (Lipinski definition) is 1. The Hall–Kier alpha value is -0.380. The standard InChI is InChI=1S/C12H21NOS/c1-10(7-11-5-6-15-8-11)13-9-12(2,3)14-4/h5-6,8,10,13H,7,9H2,1-4H3. The lowest BCUT2D eigenvalue weighted by atomic mass is 10.1. The molecule has 0 aliphatic rings. The van der Waals surface area contributed by atoms with Crippen molar-refractivity contribution in [1.29, 1.82) is 0 Å². The second-order valence-corrected chi connectivity index (χ2v) is 5.36. The molecule has 1 atom stereocenters. The Morgan fingerprint density at radius 2 is 2.27 bits per heavy atom. The quantitative estimate of drug-likeness (QED) is 0.807. The second-order valence-electron chi connectivity index (χ2n) is 4.58. The van der Waals surface area contributed by atoms with E-state index in [4.69, 9.17) is 4.74 Å². The summed E-state index contributed by atoms with van der Waals surface area (Å²) in [6, 6.07) is 2.68. The lowest BCUT2D eigenvalue weighted by Crippen LogP contribution is -2.41.